The van der Waals surface area contributed by atoms with E-state index in [9.17, 15) is 4.79 Å². The predicted molar refractivity (Wildman–Crippen MR) is 89.7 cm³/mol. The summed E-state index contributed by atoms with van der Waals surface area (Å²) >= 11 is 0. The molecule has 0 aliphatic carbocycles. The number of carbonyl (C=O) groups excluding carboxylic acids is 1. The lowest BCUT2D eigenvalue weighted by molar-refractivity contribution is -0.139. The number of amides is 1. The Kier molecular flexibility index (Phi) is 4.69. The number of likely N-dealkylation sites (N-methyl/N-ethyl adjacent to an activating group) is 1. The van der Waals surface area contributed by atoms with Crippen molar-refractivity contribution in [3.8, 4) is 11.3 Å². The van der Waals surface area contributed by atoms with Gasteiger partial charge in [-0.25, -0.2) is 0 Å². The molecule has 22 heavy (non-hydrogen) atoms. The maximum absolute atomic E-state index is 12.7. The molecule has 1 amide bonds. The summed E-state index contributed by atoms with van der Waals surface area (Å²) in [5.74, 6) is 0.0969. The van der Waals surface area contributed by atoms with E-state index in [2.05, 4.69) is 0 Å². The van der Waals surface area contributed by atoms with E-state index in [4.69, 9.17) is 5.10 Å². The molecule has 0 saturated heterocycles. The molecule has 0 bridgehead atoms. The van der Waals surface area contributed by atoms with Crippen molar-refractivity contribution in [2.24, 2.45) is 0 Å². The highest BCUT2D eigenvalue weighted by Crippen LogP contribution is 2.25. The van der Waals surface area contributed by atoms with Gasteiger partial charge in [0.2, 0.25) is 5.91 Å². The molecule has 0 radical (unpaired) electrons. The monoisotopic (exact) mass is 299 g/mol. The summed E-state index contributed by atoms with van der Waals surface area (Å²) in [5, 5.41) is 4.69. The second-order valence-corrected chi connectivity index (χ2v) is 6.01. The first-order chi connectivity index (χ1) is 10.4. The van der Waals surface area contributed by atoms with Crippen LogP contribution in [-0.2, 0) is 10.3 Å². The number of carbonyl (C=O) groups is 1. The number of aromatic nitrogens is 2. The molecule has 0 saturated carbocycles. The number of benzene rings is 1. The number of hydrogen-bond acceptors (Lipinski definition) is 2. The first kappa shape index (κ1) is 16.3. The molecule has 2 rings (SSSR count). The van der Waals surface area contributed by atoms with Crippen molar-refractivity contribution in [3.05, 3.63) is 42.1 Å². The third kappa shape index (κ3) is 2.91. The molecule has 0 atom stereocenters. The van der Waals surface area contributed by atoms with Gasteiger partial charge in [0.15, 0.2) is 0 Å². The Bertz CT molecular complexity index is 640. The molecule has 4 heteroatoms. The predicted octanol–water partition coefficient (Wildman–Crippen LogP) is 3.46. The van der Waals surface area contributed by atoms with Gasteiger partial charge in [0.25, 0.3) is 0 Å². The van der Waals surface area contributed by atoms with Gasteiger partial charge in [-0.1, -0.05) is 30.3 Å². The van der Waals surface area contributed by atoms with Crippen molar-refractivity contribution < 1.29 is 4.79 Å². The first-order valence-corrected chi connectivity index (χ1v) is 7.83. The molecule has 0 spiro atoms. The van der Waals surface area contributed by atoms with Gasteiger partial charge >= 0.3 is 0 Å². The lowest BCUT2D eigenvalue weighted by atomic mass is 10.0. The van der Waals surface area contributed by atoms with Gasteiger partial charge in [0.05, 0.1) is 5.69 Å². The Balaban J connectivity index is 2.39. The summed E-state index contributed by atoms with van der Waals surface area (Å²) in [5.41, 5.74) is 2.39. The fraction of sp³-hybridized carbons (Fsp3) is 0.444. The average Bonchev–Trinajstić information content (AvgIpc) is 2.92. The van der Waals surface area contributed by atoms with Gasteiger partial charge in [-0.05, 0) is 40.2 Å². The zero-order chi connectivity index (χ0) is 16.3. The third-order valence-electron chi connectivity index (χ3n) is 4.09. The Morgan fingerprint density at radius 3 is 2.32 bits per heavy atom. The van der Waals surface area contributed by atoms with Crippen LogP contribution in [0.25, 0.3) is 11.3 Å². The van der Waals surface area contributed by atoms with Gasteiger partial charge in [0.1, 0.15) is 5.54 Å². The highest BCUT2D eigenvalue weighted by molar-refractivity contribution is 5.83. The van der Waals surface area contributed by atoms with Gasteiger partial charge in [-0.3, -0.25) is 9.48 Å². The van der Waals surface area contributed by atoms with E-state index in [0.29, 0.717) is 13.1 Å². The Hall–Kier alpha value is -2.10. The van der Waals surface area contributed by atoms with Gasteiger partial charge < -0.3 is 4.90 Å². The summed E-state index contributed by atoms with van der Waals surface area (Å²) in [4.78, 5) is 14.6. The minimum absolute atomic E-state index is 0.0969. The summed E-state index contributed by atoms with van der Waals surface area (Å²) in [6.45, 7) is 11.3. The second-order valence-electron chi connectivity index (χ2n) is 6.01. The maximum atomic E-state index is 12.7. The lowest BCUT2D eigenvalue weighted by Gasteiger charge is -2.30. The Morgan fingerprint density at radius 1 is 1.18 bits per heavy atom. The van der Waals surface area contributed by atoms with Crippen LogP contribution in [0, 0.1) is 6.92 Å². The molecule has 2 aromatic rings. The molecule has 0 N–H and O–H groups in total. The highest BCUT2D eigenvalue weighted by Gasteiger charge is 2.34. The molecule has 1 aromatic carbocycles. The highest BCUT2D eigenvalue weighted by atomic mass is 16.2. The maximum Gasteiger partial charge on any atom is 0.249 e. The van der Waals surface area contributed by atoms with Crippen LogP contribution < -0.4 is 0 Å². The van der Waals surface area contributed by atoms with Gasteiger partial charge in [0, 0.05) is 24.8 Å². The van der Waals surface area contributed by atoms with E-state index in [0.717, 1.165) is 16.8 Å². The quantitative estimate of drug-likeness (QED) is 0.848. The van der Waals surface area contributed by atoms with E-state index in [1.54, 1.807) is 4.68 Å². The standard InChI is InChI=1S/C18H25N3O/c1-6-20(7-2)17(22)18(4,5)21-13-14(3)16(19-21)15-11-9-8-10-12-15/h8-13H,6-7H2,1-5H3. The Labute approximate surface area is 132 Å². The molecular formula is C18H25N3O. The van der Waals surface area contributed by atoms with Crippen molar-refractivity contribution in [3.63, 3.8) is 0 Å². The molecule has 0 aliphatic heterocycles. The number of nitrogens with zero attached hydrogens (tertiary/aromatic N) is 3. The normalized spacial score (nSPS) is 11.5. The minimum atomic E-state index is -0.691. The van der Waals surface area contributed by atoms with Crippen LogP contribution in [0.3, 0.4) is 0 Å². The van der Waals surface area contributed by atoms with E-state index in [-0.39, 0.29) is 5.91 Å². The topological polar surface area (TPSA) is 38.1 Å². The van der Waals surface area contributed by atoms with Crippen LogP contribution in [0.4, 0.5) is 0 Å². The fourth-order valence-electron chi connectivity index (χ4n) is 2.62. The van der Waals surface area contributed by atoms with E-state index in [1.165, 1.54) is 0 Å². The van der Waals surface area contributed by atoms with Crippen LogP contribution in [0.2, 0.25) is 0 Å². The molecule has 118 valence electrons. The van der Waals surface area contributed by atoms with Crippen LogP contribution >= 0.6 is 0 Å². The molecular weight excluding hydrogens is 274 g/mol. The minimum Gasteiger partial charge on any atom is -0.341 e. The smallest absolute Gasteiger partial charge is 0.249 e. The van der Waals surface area contributed by atoms with Crippen molar-refractivity contribution in [2.75, 3.05) is 13.1 Å². The van der Waals surface area contributed by atoms with E-state index in [1.807, 2.05) is 76.0 Å². The fourth-order valence-corrected chi connectivity index (χ4v) is 2.62. The van der Waals surface area contributed by atoms with Crippen LogP contribution in [-0.4, -0.2) is 33.7 Å². The number of aryl methyl sites for hydroxylation is 1. The zero-order valence-corrected chi connectivity index (χ0v) is 14.1. The largest absolute Gasteiger partial charge is 0.341 e. The average molecular weight is 299 g/mol. The van der Waals surface area contributed by atoms with E-state index < -0.39 is 5.54 Å². The van der Waals surface area contributed by atoms with Crippen molar-refractivity contribution in [2.45, 2.75) is 40.2 Å². The zero-order valence-electron chi connectivity index (χ0n) is 14.1. The number of hydrogen-bond donors (Lipinski definition) is 0. The second kappa shape index (κ2) is 6.34. The molecule has 1 aromatic heterocycles. The first-order valence-electron chi connectivity index (χ1n) is 7.83. The number of rotatable bonds is 5. The van der Waals surface area contributed by atoms with Crippen LogP contribution in [0.5, 0.6) is 0 Å². The van der Waals surface area contributed by atoms with Crippen molar-refractivity contribution >= 4 is 5.91 Å². The van der Waals surface area contributed by atoms with Crippen molar-refractivity contribution in [1.82, 2.24) is 14.7 Å². The molecule has 1 heterocycles. The summed E-state index contributed by atoms with van der Waals surface area (Å²) < 4.78 is 1.80. The SMILES string of the molecule is CCN(CC)C(=O)C(C)(C)n1cc(C)c(-c2ccccc2)n1. The van der Waals surface area contributed by atoms with E-state index >= 15 is 0 Å². The van der Waals surface area contributed by atoms with Crippen molar-refractivity contribution in [1.29, 1.82) is 0 Å². The molecule has 0 unspecified atom stereocenters. The van der Waals surface area contributed by atoms with Gasteiger partial charge in [-0.15, -0.1) is 0 Å². The Morgan fingerprint density at radius 2 is 1.77 bits per heavy atom. The van der Waals surface area contributed by atoms with Crippen LogP contribution in [0.15, 0.2) is 36.5 Å². The lowest BCUT2D eigenvalue weighted by Crippen LogP contribution is -2.47. The molecule has 0 aliphatic rings. The van der Waals surface area contributed by atoms with Gasteiger partial charge in [-0.2, -0.15) is 5.10 Å². The summed E-state index contributed by atoms with van der Waals surface area (Å²) in [7, 11) is 0. The summed E-state index contributed by atoms with van der Waals surface area (Å²) in [6.07, 6.45) is 1.96. The van der Waals surface area contributed by atoms with Crippen LogP contribution in [0.1, 0.15) is 33.3 Å². The molecule has 0 fully saturated rings. The molecule has 4 nitrogen and oxygen atoms in total. The third-order valence-corrected chi connectivity index (χ3v) is 4.09. The summed E-state index contributed by atoms with van der Waals surface area (Å²) in [6, 6.07) is 10.1.